The minimum Gasteiger partial charge on any atom is -0.349 e. The second-order valence-corrected chi connectivity index (χ2v) is 6.23. The fraction of sp³-hybridized carbons (Fsp3) is 0.529. The Balaban J connectivity index is 1.51. The molecule has 0 aromatic heterocycles. The Kier molecular flexibility index (Phi) is 4.23. The van der Waals surface area contributed by atoms with Crippen LogP contribution in [0.25, 0.3) is 0 Å². The lowest BCUT2D eigenvalue weighted by Crippen LogP contribution is -2.25. The molecule has 2 aliphatic carbocycles. The summed E-state index contributed by atoms with van der Waals surface area (Å²) in [5.74, 6) is 0.604. The normalized spacial score (nSPS) is 18.5. The van der Waals surface area contributed by atoms with Gasteiger partial charge in [-0.1, -0.05) is 12.8 Å². The van der Waals surface area contributed by atoms with Crippen LogP contribution in [0.15, 0.2) is 24.3 Å². The predicted octanol–water partition coefficient (Wildman–Crippen LogP) is 3.10. The van der Waals surface area contributed by atoms with Gasteiger partial charge in [-0.15, -0.1) is 0 Å². The number of amides is 2. The van der Waals surface area contributed by atoms with Crippen molar-refractivity contribution in [2.24, 2.45) is 5.92 Å². The summed E-state index contributed by atoms with van der Waals surface area (Å²) in [5, 5.41) is 5.87. The van der Waals surface area contributed by atoms with Crippen LogP contribution in [-0.4, -0.2) is 17.9 Å². The molecular formula is C17H22N2O2. The fourth-order valence-electron chi connectivity index (χ4n) is 2.89. The first-order valence-corrected chi connectivity index (χ1v) is 7.91. The van der Waals surface area contributed by atoms with Crippen LogP contribution < -0.4 is 10.6 Å². The largest absolute Gasteiger partial charge is 0.349 e. The van der Waals surface area contributed by atoms with Crippen LogP contribution in [0.3, 0.4) is 0 Å². The molecule has 2 amide bonds. The number of hydrogen-bond donors (Lipinski definition) is 2. The van der Waals surface area contributed by atoms with Gasteiger partial charge in [0.2, 0.25) is 5.91 Å². The van der Waals surface area contributed by atoms with E-state index in [0.29, 0.717) is 23.9 Å². The third-order valence-electron chi connectivity index (χ3n) is 4.29. The van der Waals surface area contributed by atoms with E-state index in [0.717, 1.165) is 18.5 Å². The van der Waals surface area contributed by atoms with Gasteiger partial charge in [-0.2, -0.15) is 0 Å². The average Bonchev–Trinajstić information content (AvgIpc) is 3.13. The quantitative estimate of drug-likeness (QED) is 0.874. The second-order valence-electron chi connectivity index (χ2n) is 6.23. The predicted molar refractivity (Wildman–Crippen MR) is 82.1 cm³/mol. The van der Waals surface area contributed by atoms with Gasteiger partial charge in [0.15, 0.2) is 0 Å². The highest BCUT2D eigenvalue weighted by Crippen LogP contribution is 2.27. The molecule has 0 heterocycles. The van der Waals surface area contributed by atoms with Crippen molar-refractivity contribution in [1.29, 1.82) is 0 Å². The Morgan fingerprint density at radius 1 is 1.00 bits per heavy atom. The molecule has 1 aromatic carbocycles. The van der Waals surface area contributed by atoms with Crippen molar-refractivity contribution in [2.75, 3.05) is 5.32 Å². The standard InChI is InChI=1S/C17H22N2O2/c20-16(11-12-3-1-2-4-12)18-14-7-5-13(6-8-14)17(21)19-15-9-10-15/h5-8,12,15H,1-4,9-11H2,(H,18,20)(H,19,21). The zero-order valence-corrected chi connectivity index (χ0v) is 12.2. The maximum Gasteiger partial charge on any atom is 0.251 e. The summed E-state index contributed by atoms with van der Waals surface area (Å²) in [5.41, 5.74) is 1.41. The Labute approximate surface area is 125 Å². The highest BCUT2D eigenvalue weighted by Gasteiger charge is 2.23. The molecule has 0 aliphatic heterocycles. The Hall–Kier alpha value is -1.84. The van der Waals surface area contributed by atoms with Crippen molar-refractivity contribution < 1.29 is 9.59 Å². The molecule has 2 fully saturated rings. The fourth-order valence-corrected chi connectivity index (χ4v) is 2.89. The summed E-state index contributed by atoms with van der Waals surface area (Å²) in [6.45, 7) is 0. The molecule has 0 unspecified atom stereocenters. The van der Waals surface area contributed by atoms with Crippen LogP contribution in [0.1, 0.15) is 55.3 Å². The van der Waals surface area contributed by atoms with Crippen LogP contribution in [0, 0.1) is 5.92 Å². The number of nitrogens with one attached hydrogen (secondary N) is 2. The van der Waals surface area contributed by atoms with Crippen molar-refractivity contribution in [3.05, 3.63) is 29.8 Å². The van der Waals surface area contributed by atoms with Gasteiger partial charge in [0.1, 0.15) is 0 Å². The Morgan fingerprint density at radius 3 is 2.29 bits per heavy atom. The Bertz CT molecular complexity index is 514. The smallest absolute Gasteiger partial charge is 0.251 e. The second kappa shape index (κ2) is 6.29. The number of carbonyl (C=O) groups is 2. The molecule has 2 N–H and O–H groups in total. The van der Waals surface area contributed by atoms with Crippen molar-refractivity contribution in [3.63, 3.8) is 0 Å². The maximum absolute atomic E-state index is 12.0. The highest BCUT2D eigenvalue weighted by atomic mass is 16.2. The number of anilines is 1. The van der Waals surface area contributed by atoms with Crippen LogP contribution in [-0.2, 0) is 4.79 Å². The molecule has 2 aliphatic rings. The van der Waals surface area contributed by atoms with Crippen molar-refractivity contribution in [1.82, 2.24) is 5.32 Å². The lowest BCUT2D eigenvalue weighted by Gasteiger charge is -2.10. The molecule has 0 saturated heterocycles. The first-order valence-electron chi connectivity index (χ1n) is 7.91. The summed E-state index contributed by atoms with van der Waals surface area (Å²) in [6, 6.07) is 7.50. The third-order valence-corrected chi connectivity index (χ3v) is 4.29. The van der Waals surface area contributed by atoms with E-state index in [2.05, 4.69) is 10.6 Å². The Morgan fingerprint density at radius 2 is 1.67 bits per heavy atom. The van der Waals surface area contributed by atoms with Gasteiger partial charge < -0.3 is 10.6 Å². The van der Waals surface area contributed by atoms with Gasteiger partial charge in [0, 0.05) is 23.7 Å². The third kappa shape index (κ3) is 4.06. The first kappa shape index (κ1) is 14.1. The molecule has 112 valence electrons. The van der Waals surface area contributed by atoms with E-state index in [-0.39, 0.29) is 11.8 Å². The minimum atomic E-state index is -0.0265. The molecule has 0 bridgehead atoms. The molecule has 0 spiro atoms. The van der Waals surface area contributed by atoms with E-state index < -0.39 is 0 Å². The lowest BCUT2D eigenvalue weighted by molar-refractivity contribution is -0.117. The van der Waals surface area contributed by atoms with Crippen LogP contribution in [0.4, 0.5) is 5.69 Å². The van der Waals surface area contributed by atoms with Gasteiger partial charge in [0.25, 0.3) is 5.91 Å². The average molecular weight is 286 g/mol. The number of rotatable bonds is 5. The zero-order chi connectivity index (χ0) is 14.7. The van der Waals surface area contributed by atoms with Crippen LogP contribution in [0.5, 0.6) is 0 Å². The molecule has 3 rings (SSSR count). The highest BCUT2D eigenvalue weighted by molar-refractivity contribution is 5.96. The lowest BCUT2D eigenvalue weighted by atomic mass is 10.0. The summed E-state index contributed by atoms with van der Waals surface area (Å²) in [6.07, 6.45) is 7.64. The van der Waals surface area contributed by atoms with Gasteiger partial charge in [-0.3, -0.25) is 9.59 Å². The molecule has 4 heteroatoms. The van der Waals surface area contributed by atoms with Crippen molar-refractivity contribution in [3.8, 4) is 0 Å². The first-order chi connectivity index (χ1) is 10.2. The van der Waals surface area contributed by atoms with E-state index in [1.54, 1.807) is 24.3 Å². The summed E-state index contributed by atoms with van der Waals surface area (Å²) >= 11 is 0. The number of carbonyl (C=O) groups excluding carboxylic acids is 2. The molecule has 0 radical (unpaired) electrons. The van der Waals surface area contributed by atoms with Crippen LogP contribution in [0.2, 0.25) is 0 Å². The van der Waals surface area contributed by atoms with Gasteiger partial charge >= 0.3 is 0 Å². The monoisotopic (exact) mass is 286 g/mol. The summed E-state index contributed by atoms with van der Waals surface area (Å²) < 4.78 is 0. The summed E-state index contributed by atoms with van der Waals surface area (Å²) in [4.78, 5) is 23.8. The van der Waals surface area contributed by atoms with Crippen molar-refractivity contribution in [2.45, 2.75) is 51.0 Å². The molecule has 4 nitrogen and oxygen atoms in total. The molecular weight excluding hydrogens is 264 g/mol. The topological polar surface area (TPSA) is 58.2 Å². The molecule has 21 heavy (non-hydrogen) atoms. The number of hydrogen-bond acceptors (Lipinski definition) is 2. The number of benzene rings is 1. The van der Waals surface area contributed by atoms with E-state index in [1.807, 2.05) is 0 Å². The van der Waals surface area contributed by atoms with E-state index in [4.69, 9.17) is 0 Å². The molecule has 2 saturated carbocycles. The maximum atomic E-state index is 12.0. The zero-order valence-electron chi connectivity index (χ0n) is 12.2. The van der Waals surface area contributed by atoms with E-state index in [1.165, 1.54) is 25.7 Å². The molecule has 0 atom stereocenters. The van der Waals surface area contributed by atoms with E-state index in [9.17, 15) is 9.59 Å². The minimum absolute atomic E-state index is 0.0265. The van der Waals surface area contributed by atoms with Crippen molar-refractivity contribution >= 4 is 17.5 Å². The van der Waals surface area contributed by atoms with Crippen LogP contribution >= 0.6 is 0 Å². The SMILES string of the molecule is O=C(CC1CCCC1)Nc1ccc(C(=O)NC2CC2)cc1. The van der Waals surface area contributed by atoms with Gasteiger partial charge in [-0.05, 0) is 55.9 Å². The van der Waals surface area contributed by atoms with E-state index >= 15 is 0 Å². The molecule has 1 aromatic rings. The van der Waals surface area contributed by atoms with Gasteiger partial charge in [-0.25, -0.2) is 0 Å². The summed E-state index contributed by atoms with van der Waals surface area (Å²) in [7, 11) is 0. The van der Waals surface area contributed by atoms with Gasteiger partial charge in [0.05, 0.1) is 0 Å².